The van der Waals surface area contributed by atoms with Gasteiger partial charge in [-0.3, -0.25) is 4.79 Å². The molecule has 2 N–H and O–H groups in total. The van der Waals surface area contributed by atoms with Gasteiger partial charge in [0.25, 0.3) is 5.91 Å². The second-order valence-corrected chi connectivity index (χ2v) is 7.53. The normalized spacial score (nSPS) is 20.0. The third-order valence-corrected chi connectivity index (χ3v) is 5.44. The van der Waals surface area contributed by atoms with E-state index < -0.39 is 16.9 Å². The number of aliphatic hydroxyl groups is 1. The first-order valence-corrected chi connectivity index (χ1v) is 9.30. The quantitative estimate of drug-likeness (QED) is 0.658. The number of rotatable bonds is 3. The highest BCUT2D eigenvalue weighted by atomic mass is 16.6. The third kappa shape index (κ3) is 3.43. The highest BCUT2D eigenvalue weighted by Crippen LogP contribution is 2.36. The summed E-state index contributed by atoms with van der Waals surface area (Å²) in [6, 6.07) is 9.60. The molecule has 0 saturated carbocycles. The van der Waals surface area contributed by atoms with Gasteiger partial charge in [-0.15, -0.1) is 0 Å². The van der Waals surface area contributed by atoms with E-state index in [4.69, 9.17) is 32.7 Å². The lowest BCUT2D eigenvalue weighted by Crippen LogP contribution is -2.67. The molecule has 6 nitrogen and oxygen atoms in total. The number of nitrogens with zero attached hydrogens (tertiary/aromatic N) is 1. The number of oxazole rings is 1. The Morgan fingerprint density at radius 2 is 1.83 bits per heavy atom. The van der Waals surface area contributed by atoms with Gasteiger partial charge in [0.15, 0.2) is 19.9 Å². The van der Waals surface area contributed by atoms with Gasteiger partial charge in [-0.2, -0.15) is 0 Å². The van der Waals surface area contributed by atoms with Crippen molar-refractivity contribution < 1.29 is 19.1 Å². The van der Waals surface area contributed by atoms with Gasteiger partial charge in [-0.25, -0.2) is 4.98 Å². The van der Waals surface area contributed by atoms with Crippen molar-refractivity contribution in [3.8, 4) is 17.0 Å². The molecule has 0 spiro atoms. The molecule has 1 atom stereocenters. The molecular weight excluding hydrogens is 377 g/mol. The van der Waals surface area contributed by atoms with Crippen molar-refractivity contribution in [3.63, 3.8) is 0 Å². The second kappa shape index (κ2) is 7.09. The number of benzene rings is 2. The van der Waals surface area contributed by atoms with Crippen LogP contribution in [0.4, 0.5) is 0 Å². The monoisotopic (exact) mass is 394 g/mol. The molecule has 0 aliphatic carbocycles. The molecule has 6 radical (unpaired) electrons. The number of amides is 1. The Morgan fingerprint density at radius 1 is 1.13 bits per heavy atom. The molecule has 2 aromatic carbocycles. The molecule has 0 bridgehead atoms. The molecule has 1 aliphatic rings. The molecule has 0 saturated heterocycles. The Balaban J connectivity index is 1.70. The van der Waals surface area contributed by atoms with Crippen LogP contribution >= 0.6 is 0 Å². The molecule has 3 aromatic rings. The van der Waals surface area contributed by atoms with Crippen molar-refractivity contribution in [3.05, 3.63) is 70.8 Å². The van der Waals surface area contributed by atoms with E-state index >= 15 is 0 Å². The Labute approximate surface area is 178 Å². The Kier molecular flexibility index (Phi) is 4.81. The summed E-state index contributed by atoms with van der Waals surface area (Å²) in [5.41, 5.74) is 2.95. The number of hydrogen-bond acceptors (Lipinski definition) is 5. The molecule has 4 rings (SSSR count). The van der Waals surface area contributed by atoms with Gasteiger partial charge in [-0.1, -0.05) is 24.3 Å². The molecule has 0 fully saturated rings. The summed E-state index contributed by atoms with van der Waals surface area (Å²) >= 11 is 0. The number of aromatic nitrogens is 1. The highest BCUT2D eigenvalue weighted by molar-refractivity contribution is 6.46. The number of fused-ring (bicyclic) bond motifs is 1. The molecule has 1 amide bonds. The van der Waals surface area contributed by atoms with Gasteiger partial charge in [-0.05, 0) is 48.6 Å². The summed E-state index contributed by atoms with van der Waals surface area (Å²) in [6.45, 7) is 3.70. The second-order valence-electron chi connectivity index (χ2n) is 7.53. The zero-order chi connectivity index (χ0) is 21.7. The van der Waals surface area contributed by atoms with Crippen LogP contribution in [0.25, 0.3) is 11.3 Å². The molecule has 1 unspecified atom stereocenters. The van der Waals surface area contributed by atoms with Crippen LogP contribution in [0.2, 0.25) is 0 Å². The first-order chi connectivity index (χ1) is 14.1. The van der Waals surface area contributed by atoms with Gasteiger partial charge < -0.3 is 19.6 Å². The molecule has 9 heteroatoms. The van der Waals surface area contributed by atoms with E-state index in [2.05, 4.69) is 10.3 Å². The van der Waals surface area contributed by atoms with Crippen LogP contribution in [0.15, 0.2) is 47.4 Å². The van der Waals surface area contributed by atoms with Crippen LogP contribution in [0, 0.1) is 13.8 Å². The predicted octanol–water partition coefficient (Wildman–Crippen LogP) is 1.48. The summed E-state index contributed by atoms with van der Waals surface area (Å²) in [6.07, 6.45) is 3.55. The molecule has 1 aliphatic heterocycles. The topological polar surface area (TPSA) is 84.6 Å². The average Bonchev–Trinajstić information content (AvgIpc) is 3.20. The van der Waals surface area contributed by atoms with Crippen molar-refractivity contribution >= 4 is 29.4 Å². The fourth-order valence-electron chi connectivity index (χ4n) is 3.40. The number of ether oxygens (including phenoxy) is 1. The van der Waals surface area contributed by atoms with Crippen LogP contribution < -0.4 is 10.1 Å². The lowest BCUT2D eigenvalue weighted by atomic mass is 9.51. The predicted molar refractivity (Wildman–Crippen MR) is 114 cm³/mol. The third-order valence-electron chi connectivity index (χ3n) is 5.44. The van der Waals surface area contributed by atoms with Crippen LogP contribution in [-0.2, 0) is 6.42 Å². The van der Waals surface area contributed by atoms with Crippen molar-refractivity contribution in [2.45, 2.75) is 31.3 Å². The number of nitrogens with one attached hydrogen (secondary N) is 1. The number of hydrogen-bond donors (Lipinski definition) is 2. The van der Waals surface area contributed by atoms with E-state index in [-0.39, 0.29) is 11.3 Å². The fourth-order valence-corrected chi connectivity index (χ4v) is 3.40. The number of carbonyl (C=O) groups excluding carboxylic acids is 1. The van der Waals surface area contributed by atoms with E-state index in [1.54, 1.807) is 19.3 Å². The standard InChI is InChI=1S/C21H17B3N2O4/c1-11-12(2)18-16(19(27)26-20(22,23)21(24,28)30-18)8-15(11)7-13-3-5-14(6-4-13)17-9-29-10-25-17/h3-6,8-10,28H,7H2,1-2H3,(H,26,27). The Morgan fingerprint density at radius 3 is 2.47 bits per heavy atom. The van der Waals surface area contributed by atoms with E-state index in [9.17, 15) is 9.90 Å². The molecule has 1 aromatic heterocycles. The van der Waals surface area contributed by atoms with Gasteiger partial charge >= 0.3 is 0 Å². The Bertz CT molecular complexity index is 1110. The zero-order valence-corrected chi connectivity index (χ0v) is 16.6. The molecular formula is C21H17B3N2O4. The van der Waals surface area contributed by atoms with E-state index in [0.717, 1.165) is 27.9 Å². The minimum Gasteiger partial charge on any atom is -0.470 e. The molecule has 30 heavy (non-hydrogen) atoms. The van der Waals surface area contributed by atoms with Crippen molar-refractivity contribution in [2.75, 3.05) is 0 Å². The molecule has 2 heterocycles. The van der Waals surface area contributed by atoms with Crippen LogP contribution in [0.5, 0.6) is 5.75 Å². The maximum Gasteiger partial charge on any atom is 0.254 e. The van der Waals surface area contributed by atoms with Crippen LogP contribution in [0.3, 0.4) is 0 Å². The summed E-state index contributed by atoms with van der Waals surface area (Å²) < 4.78 is 10.5. The highest BCUT2D eigenvalue weighted by Gasteiger charge is 2.44. The Hall–Kier alpha value is -2.93. The smallest absolute Gasteiger partial charge is 0.254 e. The minimum atomic E-state index is -2.48. The lowest BCUT2D eigenvalue weighted by molar-refractivity contribution is -0.0770. The van der Waals surface area contributed by atoms with Crippen LogP contribution in [-0.4, -0.2) is 50.6 Å². The van der Waals surface area contributed by atoms with Crippen LogP contribution in [0.1, 0.15) is 32.6 Å². The van der Waals surface area contributed by atoms with Gasteiger partial charge in [0, 0.05) is 10.9 Å². The minimum absolute atomic E-state index is 0.151. The van der Waals surface area contributed by atoms with Crippen molar-refractivity contribution in [1.82, 2.24) is 10.3 Å². The average molecular weight is 394 g/mol. The summed E-state index contributed by atoms with van der Waals surface area (Å²) in [5, 5.41) is 10.5. The maximum absolute atomic E-state index is 12.7. The van der Waals surface area contributed by atoms with Gasteiger partial charge in [0.05, 0.1) is 21.3 Å². The van der Waals surface area contributed by atoms with E-state index in [1.165, 1.54) is 6.39 Å². The lowest BCUT2D eigenvalue weighted by Gasteiger charge is -2.40. The van der Waals surface area contributed by atoms with E-state index in [0.29, 0.717) is 12.0 Å². The van der Waals surface area contributed by atoms with E-state index in [1.807, 2.05) is 31.2 Å². The first-order valence-electron chi connectivity index (χ1n) is 9.30. The maximum atomic E-state index is 12.7. The molecule has 144 valence electrons. The SMILES string of the molecule is [B]C1([B])NC(=O)c2cc(Cc3ccc(-c4cocn4)cc3)c(C)c(C)c2OC1([B])O. The largest absolute Gasteiger partial charge is 0.470 e. The summed E-state index contributed by atoms with van der Waals surface area (Å²) in [5.74, 6) is -0.431. The summed E-state index contributed by atoms with van der Waals surface area (Å²) in [4.78, 5) is 16.9. The first kappa shape index (κ1) is 20.4. The van der Waals surface area contributed by atoms with Crippen molar-refractivity contribution in [1.29, 1.82) is 0 Å². The number of carbonyl (C=O) groups is 1. The zero-order valence-electron chi connectivity index (χ0n) is 16.6. The summed E-state index contributed by atoms with van der Waals surface area (Å²) in [7, 11) is 17.3. The van der Waals surface area contributed by atoms with Gasteiger partial charge in [0.1, 0.15) is 17.7 Å². The van der Waals surface area contributed by atoms with Gasteiger partial charge in [0.2, 0.25) is 0 Å². The van der Waals surface area contributed by atoms with Crippen molar-refractivity contribution in [2.24, 2.45) is 0 Å². The fraction of sp³-hybridized carbons (Fsp3) is 0.238.